The van der Waals surface area contributed by atoms with Crippen LogP contribution in [0.15, 0.2) is 36.4 Å². The van der Waals surface area contributed by atoms with Gasteiger partial charge in [0.15, 0.2) is 6.61 Å². The molecule has 0 aliphatic heterocycles. The standard InChI is InChI=1S/C15H9Cl4NO3/c16-10-5-4-8(6-12(10)18)20-13(21)7-23-15(22)9-2-1-3-11(17)14(9)19/h1-6H,7H2,(H,20,21). The molecule has 4 nitrogen and oxygen atoms in total. The Kier molecular flexibility index (Phi) is 6.13. The molecule has 0 aliphatic rings. The fraction of sp³-hybridized carbons (Fsp3) is 0.0667. The van der Waals surface area contributed by atoms with Crippen molar-refractivity contribution in [3.8, 4) is 0 Å². The van der Waals surface area contributed by atoms with Crippen molar-refractivity contribution in [2.45, 2.75) is 0 Å². The van der Waals surface area contributed by atoms with E-state index < -0.39 is 18.5 Å². The van der Waals surface area contributed by atoms with E-state index in [0.717, 1.165) is 0 Å². The number of carbonyl (C=O) groups is 2. The number of ether oxygens (including phenoxy) is 1. The highest BCUT2D eigenvalue weighted by Gasteiger charge is 2.15. The van der Waals surface area contributed by atoms with Crippen molar-refractivity contribution in [2.75, 3.05) is 11.9 Å². The average molecular weight is 393 g/mol. The molecule has 8 heteroatoms. The van der Waals surface area contributed by atoms with Crippen LogP contribution in [0.3, 0.4) is 0 Å². The Morgan fingerprint density at radius 2 is 1.70 bits per heavy atom. The van der Waals surface area contributed by atoms with Crippen LogP contribution in [-0.4, -0.2) is 18.5 Å². The zero-order valence-electron chi connectivity index (χ0n) is 11.4. The van der Waals surface area contributed by atoms with E-state index in [1.54, 1.807) is 12.1 Å². The number of benzene rings is 2. The molecule has 23 heavy (non-hydrogen) atoms. The van der Waals surface area contributed by atoms with E-state index >= 15 is 0 Å². The van der Waals surface area contributed by atoms with Crippen LogP contribution >= 0.6 is 46.4 Å². The van der Waals surface area contributed by atoms with E-state index in [2.05, 4.69) is 5.32 Å². The molecule has 2 aromatic carbocycles. The maximum atomic E-state index is 11.9. The van der Waals surface area contributed by atoms with Crippen molar-refractivity contribution in [2.24, 2.45) is 0 Å². The van der Waals surface area contributed by atoms with Gasteiger partial charge in [-0.05, 0) is 30.3 Å². The first kappa shape index (κ1) is 17.9. The summed E-state index contributed by atoms with van der Waals surface area (Å²) in [5.74, 6) is -1.28. The number of rotatable bonds is 4. The topological polar surface area (TPSA) is 55.4 Å². The highest BCUT2D eigenvalue weighted by atomic mass is 35.5. The minimum atomic E-state index is -0.748. The highest BCUT2D eigenvalue weighted by Crippen LogP contribution is 2.26. The Hall–Kier alpha value is -1.46. The third-order valence-corrected chi connectivity index (χ3v) is 4.27. The maximum Gasteiger partial charge on any atom is 0.340 e. The van der Waals surface area contributed by atoms with Crippen LogP contribution < -0.4 is 5.32 Å². The van der Waals surface area contributed by atoms with Crippen LogP contribution in [0.2, 0.25) is 20.1 Å². The molecule has 2 aromatic rings. The number of esters is 1. The monoisotopic (exact) mass is 391 g/mol. The van der Waals surface area contributed by atoms with Gasteiger partial charge in [0.2, 0.25) is 0 Å². The number of halogens is 4. The summed E-state index contributed by atoms with van der Waals surface area (Å²) >= 11 is 23.3. The van der Waals surface area contributed by atoms with Gasteiger partial charge in [-0.25, -0.2) is 4.79 Å². The number of hydrogen-bond acceptors (Lipinski definition) is 3. The summed E-state index contributed by atoms with van der Waals surface area (Å²) in [5, 5.41) is 3.49. The lowest BCUT2D eigenvalue weighted by atomic mass is 10.2. The minimum Gasteiger partial charge on any atom is -0.452 e. The maximum absolute atomic E-state index is 11.9. The number of carbonyl (C=O) groups excluding carboxylic acids is 2. The zero-order chi connectivity index (χ0) is 17.0. The highest BCUT2D eigenvalue weighted by molar-refractivity contribution is 6.43. The number of anilines is 1. The smallest absolute Gasteiger partial charge is 0.340 e. The summed E-state index contributed by atoms with van der Waals surface area (Å²) in [7, 11) is 0. The van der Waals surface area contributed by atoms with Gasteiger partial charge in [0.05, 0.1) is 25.7 Å². The lowest BCUT2D eigenvalue weighted by Gasteiger charge is -2.08. The molecule has 0 aromatic heterocycles. The fourth-order valence-electron chi connectivity index (χ4n) is 1.64. The Morgan fingerprint density at radius 3 is 2.39 bits per heavy atom. The van der Waals surface area contributed by atoms with Crippen LogP contribution in [0.5, 0.6) is 0 Å². The van der Waals surface area contributed by atoms with Crippen molar-refractivity contribution in [3.05, 3.63) is 62.1 Å². The molecule has 0 unspecified atom stereocenters. The van der Waals surface area contributed by atoms with E-state index in [9.17, 15) is 9.59 Å². The van der Waals surface area contributed by atoms with Gasteiger partial charge in [-0.15, -0.1) is 0 Å². The molecule has 0 saturated carbocycles. The number of hydrogen-bond donors (Lipinski definition) is 1. The summed E-state index contributed by atoms with van der Waals surface area (Å²) in [5.41, 5.74) is 0.516. The molecule has 0 bridgehead atoms. The van der Waals surface area contributed by atoms with Crippen LogP contribution in [0, 0.1) is 0 Å². The molecule has 0 fully saturated rings. The van der Waals surface area contributed by atoms with E-state index in [1.807, 2.05) is 0 Å². The average Bonchev–Trinajstić information content (AvgIpc) is 2.51. The summed E-state index contributed by atoms with van der Waals surface area (Å²) in [6.45, 7) is -0.484. The first-order chi connectivity index (χ1) is 10.9. The van der Waals surface area contributed by atoms with Crippen LogP contribution in [0.4, 0.5) is 5.69 Å². The molecule has 0 radical (unpaired) electrons. The van der Waals surface area contributed by atoms with Crippen molar-refractivity contribution in [1.82, 2.24) is 0 Å². The second-order valence-corrected chi connectivity index (χ2v) is 5.95. The third-order valence-electron chi connectivity index (χ3n) is 2.71. The van der Waals surface area contributed by atoms with E-state index in [0.29, 0.717) is 15.7 Å². The minimum absolute atomic E-state index is 0.0732. The van der Waals surface area contributed by atoms with Crippen LogP contribution in [-0.2, 0) is 9.53 Å². The summed E-state index contributed by atoms with van der Waals surface area (Å²) in [6.07, 6.45) is 0. The van der Waals surface area contributed by atoms with Gasteiger partial charge in [0.25, 0.3) is 5.91 Å². The summed E-state index contributed by atoms with van der Waals surface area (Å²) in [4.78, 5) is 23.7. The quantitative estimate of drug-likeness (QED) is 0.736. The normalized spacial score (nSPS) is 10.3. The summed E-state index contributed by atoms with van der Waals surface area (Å²) < 4.78 is 4.90. The molecule has 1 amide bonds. The first-order valence-corrected chi connectivity index (χ1v) is 7.75. The van der Waals surface area contributed by atoms with Crippen LogP contribution in [0.25, 0.3) is 0 Å². The molecule has 0 heterocycles. The van der Waals surface area contributed by atoms with Crippen molar-refractivity contribution < 1.29 is 14.3 Å². The van der Waals surface area contributed by atoms with Gasteiger partial charge in [-0.3, -0.25) is 4.79 Å². The molecule has 1 N–H and O–H groups in total. The van der Waals surface area contributed by atoms with E-state index in [-0.39, 0.29) is 15.6 Å². The Labute approximate surface area is 152 Å². The van der Waals surface area contributed by atoms with E-state index in [1.165, 1.54) is 24.3 Å². The number of amides is 1. The molecular formula is C15H9Cl4NO3. The predicted molar refractivity (Wildman–Crippen MR) is 91.8 cm³/mol. The lowest BCUT2D eigenvalue weighted by molar-refractivity contribution is -0.119. The molecular weight excluding hydrogens is 384 g/mol. The Morgan fingerprint density at radius 1 is 0.957 bits per heavy atom. The molecule has 0 aliphatic carbocycles. The third kappa shape index (κ3) is 4.75. The molecule has 120 valence electrons. The molecule has 0 saturated heterocycles. The second-order valence-electron chi connectivity index (χ2n) is 4.35. The van der Waals surface area contributed by atoms with Gasteiger partial charge in [0, 0.05) is 5.69 Å². The van der Waals surface area contributed by atoms with Crippen LogP contribution in [0.1, 0.15) is 10.4 Å². The van der Waals surface area contributed by atoms with Crippen molar-refractivity contribution in [3.63, 3.8) is 0 Å². The molecule has 0 spiro atoms. The first-order valence-electron chi connectivity index (χ1n) is 6.24. The van der Waals surface area contributed by atoms with Crippen molar-refractivity contribution in [1.29, 1.82) is 0 Å². The zero-order valence-corrected chi connectivity index (χ0v) is 14.4. The number of nitrogens with one attached hydrogen (secondary N) is 1. The summed E-state index contributed by atoms with van der Waals surface area (Å²) in [6, 6.07) is 9.14. The Balaban J connectivity index is 1.94. The van der Waals surface area contributed by atoms with Gasteiger partial charge >= 0.3 is 5.97 Å². The Bertz CT molecular complexity index is 764. The predicted octanol–water partition coefficient (Wildman–Crippen LogP) is 5.10. The van der Waals surface area contributed by atoms with Gasteiger partial charge in [-0.2, -0.15) is 0 Å². The van der Waals surface area contributed by atoms with E-state index in [4.69, 9.17) is 51.1 Å². The van der Waals surface area contributed by atoms with Crippen molar-refractivity contribution >= 4 is 64.0 Å². The second kappa shape index (κ2) is 7.88. The SMILES string of the molecule is O=C(COC(=O)c1cccc(Cl)c1Cl)Nc1ccc(Cl)c(Cl)c1. The van der Waals surface area contributed by atoms with Gasteiger partial charge in [0.1, 0.15) is 0 Å². The molecule has 2 rings (SSSR count). The van der Waals surface area contributed by atoms with Gasteiger partial charge in [-0.1, -0.05) is 52.5 Å². The van der Waals surface area contributed by atoms with Gasteiger partial charge < -0.3 is 10.1 Å². The lowest BCUT2D eigenvalue weighted by Crippen LogP contribution is -2.21. The molecule has 0 atom stereocenters. The largest absolute Gasteiger partial charge is 0.452 e. The fourth-order valence-corrected chi connectivity index (χ4v) is 2.32.